The highest BCUT2D eigenvalue weighted by atomic mass is 16.5. The van der Waals surface area contributed by atoms with Crippen LogP contribution in [-0.2, 0) is 9.53 Å². The molecule has 0 spiro atoms. The van der Waals surface area contributed by atoms with Crippen LogP contribution in [0.25, 0.3) is 0 Å². The second-order valence-corrected chi connectivity index (χ2v) is 3.65. The van der Waals surface area contributed by atoms with Gasteiger partial charge < -0.3 is 15.4 Å². The number of ether oxygens (including phenoxy) is 1. The molecule has 0 aromatic rings. The van der Waals surface area contributed by atoms with Gasteiger partial charge in [-0.3, -0.25) is 4.79 Å². The van der Waals surface area contributed by atoms with E-state index in [4.69, 9.17) is 5.73 Å². The van der Waals surface area contributed by atoms with E-state index < -0.39 is 6.04 Å². The summed E-state index contributed by atoms with van der Waals surface area (Å²) in [6.07, 6.45) is 3.75. The van der Waals surface area contributed by atoms with E-state index in [-0.39, 0.29) is 5.97 Å². The molecule has 0 aliphatic heterocycles. The van der Waals surface area contributed by atoms with Crippen LogP contribution in [0.4, 0.5) is 0 Å². The monoisotopic (exact) mass is 186 g/mol. The van der Waals surface area contributed by atoms with Gasteiger partial charge in [-0.15, -0.1) is 0 Å². The Morgan fingerprint density at radius 2 is 2.31 bits per heavy atom. The van der Waals surface area contributed by atoms with Gasteiger partial charge in [-0.2, -0.15) is 0 Å². The van der Waals surface area contributed by atoms with Crippen LogP contribution < -0.4 is 5.73 Å². The third kappa shape index (κ3) is 2.67. The fourth-order valence-corrected chi connectivity index (χ4v) is 1.51. The lowest BCUT2D eigenvalue weighted by molar-refractivity contribution is -0.142. The van der Waals surface area contributed by atoms with Crippen molar-refractivity contribution in [3.05, 3.63) is 0 Å². The lowest BCUT2D eigenvalue weighted by Crippen LogP contribution is -2.47. The van der Waals surface area contributed by atoms with Crippen molar-refractivity contribution in [2.24, 2.45) is 5.73 Å². The summed E-state index contributed by atoms with van der Waals surface area (Å²) in [6.45, 7) is 0.595. The molecule has 76 valence electrons. The number of hydrogen-bond acceptors (Lipinski definition) is 4. The number of likely N-dealkylation sites (N-methyl/N-ethyl adjacent to an activating group) is 1. The molecule has 0 heterocycles. The smallest absolute Gasteiger partial charge is 0.323 e. The van der Waals surface area contributed by atoms with Gasteiger partial charge in [0.05, 0.1) is 7.11 Å². The molecule has 0 aromatic carbocycles. The van der Waals surface area contributed by atoms with E-state index in [1.54, 1.807) is 0 Å². The summed E-state index contributed by atoms with van der Waals surface area (Å²) in [5.74, 6) is -0.328. The van der Waals surface area contributed by atoms with E-state index in [1.165, 1.54) is 26.4 Å². The fourth-order valence-electron chi connectivity index (χ4n) is 1.51. The SMILES string of the molecule is COC(=O)C(N)CN(C)C1CCC1. The second kappa shape index (κ2) is 4.58. The van der Waals surface area contributed by atoms with Crippen molar-refractivity contribution in [1.29, 1.82) is 0 Å². The molecule has 0 bridgehead atoms. The van der Waals surface area contributed by atoms with Gasteiger partial charge in [-0.05, 0) is 19.9 Å². The molecule has 2 N–H and O–H groups in total. The zero-order valence-electron chi connectivity index (χ0n) is 8.32. The van der Waals surface area contributed by atoms with Gasteiger partial charge in [0, 0.05) is 12.6 Å². The van der Waals surface area contributed by atoms with Crippen LogP contribution in [0.15, 0.2) is 0 Å². The number of esters is 1. The van der Waals surface area contributed by atoms with Crippen LogP contribution in [0, 0.1) is 0 Å². The molecule has 1 atom stereocenters. The summed E-state index contributed by atoms with van der Waals surface area (Å²) in [6, 6.07) is 0.117. The van der Waals surface area contributed by atoms with E-state index in [0.717, 1.165) is 0 Å². The number of carbonyl (C=O) groups is 1. The van der Waals surface area contributed by atoms with E-state index in [0.29, 0.717) is 12.6 Å². The van der Waals surface area contributed by atoms with Crippen molar-refractivity contribution in [2.45, 2.75) is 31.3 Å². The summed E-state index contributed by atoms with van der Waals surface area (Å²) in [5.41, 5.74) is 5.63. The Bertz CT molecular complexity index is 180. The van der Waals surface area contributed by atoms with Crippen LogP contribution in [0.2, 0.25) is 0 Å². The lowest BCUT2D eigenvalue weighted by Gasteiger charge is -2.35. The van der Waals surface area contributed by atoms with Crippen molar-refractivity contribution >= 4 is 5.97 Å². The topological polar surface area (TPSA) is 55.6 Å². The van der Waals surface area contributed by atoms with Crippen LogP contribution >= 0.6 is 0 Å². The number of hydrogen-bond donors (Lipinski definition) is 1. The van der Waals surface area contributed by atoms with E-state index >= 15 is 0 Å². The average molecular weight is 186 g/mol. The van der Waals surface area contributed by atoms with Crippen LogP contribution in [0.5, 0.6) is 0 Å². The minimum Gasteiger partial charge on any atom is -0.468 e. The van der Waals surface area contributed by atoms with Crippen molar-refractivity contribution < 1.29 is 9.53 Å². The minimum atomic E-state index is -0.504. The van der Waals surface area contributed by atoms with Gasteiger partial charge in [-0.25, -0.2) is 0 Å². The largest absolute Gasteiger partial charge is 0.468 e. The highest BCUT2D eigenvalue weighted by Crippen LogP contribution is 2.23. The third-order valence-corrected chi connectivity index (χ3v) is 2.69. The fraction of sp³-hybridized carbons (Fsp3) is 0.889. The molecule has 1 unspecified atom stereocenters. The first kappa shape index (κ1) is 10.5. The second-order valence-electron chi connectivity index (χ2n) is 3.65. The average Bonchev–Trinajstić information content (AvgIpc) is 1.99. The Hall–Kier alpha value is -0.610. The van der Waals surface area contributed by atoms with Gasteiger partial charge in [0.2, 0.25) is 0 Å². The molecule has 4 nitrogen and oxygen atoms in total. The summed E-state index contributed by atoms with van der Waals surface area (Å²) in [7, 11) is 3.37. The molecular formula is C9H18N2O2. The zero-order valence-corrected chi connectivity index (χ0v) is 8.32. The zero-order chi connectivity index (χ0) is 9.84. The molecule has 0 radical (unpaired) electrons. The van der Waals surface area contributed by atoms with Gasteiger partial charge in [0.25, 0.3) is 0 Å². The maximum atomic E-state index is 11.0. The Morgan fingerprint density at radius 1 is 1.69 bits per heavy atom. The summed E-state index contributed by atoms with van der Waals surface area (Å²) >= 11 is 0. The Balaban J connectivity index is 2.25. The standard InChI is InChI=1S/C9H18N2O2/c1-11(7-4-3-5-7)6-8(10)9(12)13-2/h7-8H,3-6,10H2,1-2H3. The molecule has 4 heteroatoms. The maximum Gasteiger partial charge on any atom is 0.323 e. The molecule has 1 aliphatic carbocycles. The van der Waals surface area contributed by atoms with Gasteiger partial charge in [0.1, 0.15) is 6.04 Å². The van der Waals surface area contributed by atoms with Gasteiger partial charge in [-0.1, -0.05) is 6.42 Å². The quantitative estimate of drug-likeness (QED) is 0.626. The van der Waals surface area contributed by atoms with Crippen LogP contribution in [0.1, 0.15) is 19.3 Å². The van der Waals surface area contributed by atoms with Crippen LogP contribution in [-0.4, -0.2) is 43.7 Å². The molecule has 1 fully saturated rings. The lowest BCUT2D eigenvalue weighted by atomic mass is 9.91. The maximum absolute atomic E-state index is 11.0. The first-order valence-corrected chi connectivity index (χ1v) is 4.68. The third-order valence-electron chi connectivity index (χ3n) is 2.69. The van der Waals surface area contributed by atoms with E-state index in [2.05, 4.69) is 9.64 Å². The van der Waals surface area contributed by atoms with Gasteiger partial charge in [0.15, 0.2) is 0 Å². The highest BCUT2D eigenvalue weighted by molar-refractivity contribution is 5.75. The minimum absolute atomic E-state index is 0.328. The van der Waals surface area contributed by atoms with E-state index in [9.17, 15) is 4.79 Å². The predicted octanol–water partition coefficient (Wildman–Crippen LogP) is -0.0290. The Morgan fingerprint density at radius 3 is 2.69 bits per heavy atom. The molecule has 1 rings (SSSR count). The first-order chi connectivity index (χ1) is 6.15. The molecule has 0 saturated heterocycles. The summed E-state index contributed by atoms with van der Waals surface area (Å²) in [4.78, 5) is 13.1. The normalized spacial score (nSPS) is 19.7. The molecular weight excluding hydrogens is 168 g/mol. The van der Waals surface area contributed by atoms with Crippen molar-refractivity contribution in [1.82, 2.24) is 4.90 Å². The molecule has 0 amide bonds. The predicted molar refractivity (Wildman–Crippen MR) is 50.3 cm³/mol. The first-order valence-electron chi connectivity index (χ1n) is 4.68. The number of methoxy groups -OCH3 is 1. The number of nitrogens with two attached hydrogens (primary N) is 1. The van der Waals surface area contributed by atoms with Crippen molar-refractivity contribution in [3.63, 3.8) is 0 Å². The summed E-state index contributed by atoms with van der Waals surface area (Å²) < 4.78 is 4.55. The van der Waals surface area contributed by atoms with Crippen molar-refractivity contribution in [3.8, 4) is 0 Å². The van der Waals surface area contributed by atoms with Gasteiger partial charge >= 0.3 is 5.97 Å². The molecule has 1 saturated carbocycles. The molecule has 13 heavy (non-hydrogen) atoms. The highest BCUT2D eigenvalue weighted by Gasteiger charge is 2.25. The summed E-state index contributed by atoms with van der Waals surface area (Å²) in [5, 5.41) is 0. The Labute approximate surface area is 79.0 Å². The van der Waals surface area contributed by atoms with Crippen LogP contribution in [0.3, 0.4) is 0 Å². The number of nitrogens with zero attached hydrogens (tertiary/aromatic N) is 1. The Kier molecular flexibility index (Phi) is 3.69. The van der Waals surface area contributed by atoms with E-state index in [1.807, 2.05) is 7.05 Å². The number of rotatable bonds is 4. The van der Waals surface area contributed by atoms with Crippen molar-refractivity contribution in [2.75, 3.05) is 20.7 Å². The number of carbonyl (C=O) groups excluding carboxylic acids is 1. The molecule has 0 aromatic heterocycles. The molecule has 1 aliphatic rings.